The fourth-order valence-electron chi connectivity index (χ4n) is 2.05. The van der Waals surface area contributed by atoms with E-state index in [2.05, 4.69) is 36.7 Å². The molecule has 0 aliphatic heterocycles. The molecule has 1 heterocycles. The fraction of sp³-hybridized carbons (Fsp3) is 0.375. The Labute approximate surface area is 144 Å². The third-order valence-electron chi connectivity index (χ3n) is 3.18. The molecule has 7 heteroatoms. The number of halogens is 2. The van der Waals surface area contributed by atoms with Crippen LogP contribution in [0.4, 0.5) is 4.39 Å². The van der Waals surface area contributed by atoms with E-state index in [-0.39, 0.29) is 5.82 Å². The van der Waals surface area contributed by atoms with Gasteiger partial charge in [-0.05, 0) is 37.6 Å². The van der Waals surface area contributed by atoms with Crippen LogP contribution in [-0.4, -0.2) is 28.8 Å². The summed E-state index contributed by atoms with van der Waals surface area (Å²) < 4.78 is 16.5. The van der Waals surface area contributed by atoms with Gasteiger partial charge in [0, 0.05) is 42.1 Å². The van der Waals surface area contributed by atoms with Crippen molar-refractivity contribution in [1.82, 2.24) is 20.4 Å². The lowest BCUT2D eigenvalue weighted by Gasteiger charge is -2.11. The van der Waals surface area contributed by atoms with Gasteiger partial charge in [0.2, 0.25) is 0 Å². The van der Waals surface area contributed by atoms with E-state index in [4.69, 9.17) is 0 Å². The highest BCUT2D eigenvalue weighted by atomic mass is 79.9. The molecule has 0 atom stereocenters. The number of guanidine groups is 1. The Morgan fingerprint density at radius 3 is 3.00 bits per heavy atom. The molecule has 1 aromatic carbocycles. The van der Waals surface area contributed by atoms with Crippen molar-refractivity contribution in [3.63, 3.8) is 0 Å². The SMILES string of the molecule is CCNC(=NCc1cc(Br)ccc1F)NCCCn1cccn1. The number of rotatable bonds is 7. The molecule has 0 amide bonds. The van der Waals surface area contributed by atoms with Crippen molar-refractivity contribution in [2.24, 2.45) is 4.99 Å². The van der Waals surface area contributed by atoms with Gasteiger partial charge in [0.15, 0.2) is 5.96 Å². The van der Waals surface area contributed by atoms with Crippen LogP contribution in [0.3, 0.4) is 0 Å². The van der Waals surface area contributed by atoms with Gasteiger partial charge in [-0.3, -0.25) is 4.68 Å². The fourth-order valence-corrected chi connectivity index (χ4v) is 2.46. The maximum absolute atomic E-state index is 13.7. The number of nitrogens with zero attached hydrogens (tertiary/aromatic N) is 3. The summed E-state index contributed by atoms with van der Waals surface area (Å²) in [5.41, 5.74) is 0.563. The first kappa shape index (κ1) is 17.5. The van der Waals surface area contributed by atoms with Crippen LogP contribution >= 0.6 is 15.9 Å². The zero-order valence-corrected chi connectivity index (χ0v) is 14.7. The van der Waals surface area contributed by atoms with Gasteiger partial charge in [-0.1, -0.05) is 15.9 Å². The van der Waals surface area contributed by atoms with Crippen LogP contribution in [0.25, 0.3) is 0 Å². The summed E-state index contributed by atoms with van der Waals surface area (Å²) in [6.45, 7) is 4.67. The molecule has 2 aromatic rings. The Balaban J connectivity index is 1.85. The minimum atomic E-state index is -0.244. The standard InChI is InChI=1S/C16H21BrFN5/c1-2-19-16(20-7-3-9-23-10-4-8-22-23)21-12-13-11-14(17)5-6-15(13)18/h4-6,8,10-11H,2-3,7,9,12H2,1H3,(H2,19,20,21). The molecule has 0 saturated carbocycles. The van der Waals surface area contributed by atoms with Gasteiger partial charge in [-0.25, -0.2) is 9.38 Å². The van der Waals surface area contributed by atoms with Crippen molar-refractivity contribution in [2.75, 3.05) is 13.1 Å². The van der Waals surface area contributed by atoms with E-state index in [0.29, 0.717) is 18.1 Å². The Morgan fingerprint density at radius 2 is 2.26 bits per heavy atom. The summed E-state index contributed by atoms with van der Waals surface area (Å²) in [6.07, 6.45) is 4.64. The highest BCUT2D eigenvalue weighted by Gasteiger charge is 2.03. The number of benzene rings is 1. The molecule has 23 heavy (non-hydrogen) atoms. The second-order valence-electron chi connectivity index (χ2n) is 4.98. The zero-order valence-electron chi connectivity index (χ0n) is 13.1. The summed E-state index contributed by atoms with van der Waals surface area (Å²) in [5.74, 6) is 0.443. The average Bonchev–Trinajstić information content (AvgIpc) is 3.05. The predicted octanol–water partition coefficient (Wildman–Crippen LogP) is 2.93. The number of hydrogen-bond donors (Lipinski definition) is 2. The largest absolute Gasteiger partial charge is 0.357 e. The second kappa shape index (κ2) is 9.29. The number of nitrogens with one attached hydrogen (secondary N) is 2. The van der Waals surface area contributed by atoms with Gasteiger partial charge in [0.05, 0.1) is 6.54 Å². The summed E-state index contributed by atoms with van der Waals surface area (Å²) in [6, 6.07) is 6.78. The Bertz CT molecular complexity index is 627. The van der Waals surface area contributed by atoms with E-state index < -0.39 is 0 Å². The van der Waals surface area contributed by atoms with Crippen LogP contribution in [0, 0.1) is 5.82 Å². The molecule has 0 radical (unpaired) electrons. The van der Waals surface area contributed by atoms with Crippen LogP contribution < -0.4 is 10.6 Å². The molecule has 2 rings (SSSR count). The number of aliphatic imine (C=N–C) groups is 1. The van der Waals surface area contributed by atoms with E-state index in [1.165, 1.54) is 6.07 Å². The predicted molar refractivity (Wildman–Crippen MR) is 93.8 cm³/mol. The average molecular weight is 382 g/mol. The molecule has 5 nitrogen and oxygen atoms in total. The van der Waals surface area contributed by atoms with Crippen molar-refractivity contribution in [3.05, 3.63) is 52.5 Å². The molecule has 0 bridgehead atoms. The first-order valence-electron chi connectivity index (χ1n) is 7.62. The van der Waals surface area contributed by atoms with Crippen LogP contribution in [0.5, 0.6) is 0 Å². The lowest BCUT2D eigenvalue weighted by Crippen LogP contribution is -2.38. The molecule has 0 fully saturated rings. The number of aryl methyl sites for hydroxylation is 1. The number of hydrogen-bond acceptors (Lipinski definition) is 2. The highest BCUT2D eigenvalue weighted by molar-refractivity contribution is 9.10. The maximum atomic E-state index is 13.7. The smallest absolute Gasteiger partial charge is 0.191 e. The molecular weight excluding hydrogens is 361 g/mol. The van der Waals surface area contributed by atoms with E-state index in [0.717, 1.165) is 30.5 Å². The van der Waals surface area contributed by atoms with Gasteiger partial charge in [0.1, 0.15) is 5.82 Å². The topological polar surface area (TPSA) is 54.2 Å². The van der Waals surface area contributed by atoms with Gasteiger partial charge in [-0.15, -0.1) is 0 Å². The van der Waals surface area contributed by atoms with Gasteiger partial charge in [0.25, 0.3) is 0 Å². The maximum Gasteiger partial charge on any atom is 0.191 e. The second-order valence-corrected chi connectivity index (χ2v) is 5.90. The molecular formula is C16H21BrFN5. The first-order valence-corrected chi connectivity index (χ1v) is 8.42. The Hall–Kier alpha value is -1.89. The summed E-state index contributed by atoms with van der Waals surface area (Å²) in [5, 5.41) is 10.6. The highest BCUT2D eigenvalue weighted by Crippen LogP contribution is 2.16. The van der Waals surface area contributed by atoms with Gasteiger partial charge < -0.3 is 10.6 Å². The molecule has 0 aliphatic carbocycles. The Morgan fingerprint density at radius 1 is 1.39 bits per heavy atom. The lowest BCUT2D eigenvalue weighted by atomic mass is 10.2. The molecule has 0 unspecified atom stereocenters. The van der Waals surface area contributed by atoms with E-state index in [1.54, 1.807) is 18.3 Å². The minimum absolute atomic E-state index is 0.244. The Kier molecular flexibility index (Phi) is 7.06. The van der Waals surface area contributed by atoms with Crippen molar-refractivity contribution < 1.29 is 4.39 Å². The molecule has 124 valence electrons. The minimum Gasteiger partial charge on any atom is -0.357 e. The first-order chi connectivity index (χ1) is 11.2. The molecule has 0 spiro atoms. The van der Waals surface area contributed by atoms with E-state index >= 15 is 0 Å². The normalized spacial score (nSPS) is 11.5. The third kappa shape index (κ3) is 6.02. The van der Waals surface area contributed by atoms with Gasteiger partial charge >= 0.3 is 0 Å². The van der Waals surface area contributed by atoms with Crippen LogP contribution in [0.15, 0.2) is 46.1 Å². The third-order valence-corrected chi connectivity index (χ3v) is 3.67. The summed E-state index contributed by atoms with van der Waals surface area (Å²) in [7, 11) is 0. The summed E-state index contributed by atoms with van der Waals surface area (Å²) in [4.78, 5) is 4.43. The van der Waals surface area contributed by atoms with Crippen molar-refractivity contribution >= 4 is 21.9 Å². The number of aromatic nitrogens is 2. The van der Waals surface area contributed by atoms with Crippen molar-refractivity contribution in [3.8, 4) is 0 Å². The molecule has 0 aliphatic rings. The molecule has 0 saturated heterocycles. The van der Waals surface area contributed by atoms with Gasteiger partial charge in [-0.2, -0.15) is 5.10 Å². The van der Waals surface area contributed by atoms with E-state index in [9.17, 15) is 4.39 Å². The monoisotopic (exact) mass is 381 g/mol. The van der Waals surface area contributed by atoms with Crippen molar-refractivity contribution in [1.29, 1.82) is 0 Å². The molecule has 2 N–H and O–H groups in total. The van der Waals surface area contributed by atoms with Crippen molar-refractivity contribution in [2.45, 2.75) is 26.4 Å². The summed E-state index contributed by atoms with van der Waals surface area (Å²) >= 11 is 3.35. The molecule has 1 aromatic heterocycles. The zero-order chi connectivity index (χ0) is 16.5. The van der Waals surface area contributed by atoms with Crippen LogP contribution in [0.1, 0.15) is 18.9 Å². The van der Waals surface area contributed by atoms with Crippen LogP contribution in [0.2, 0.25) is 0 Å². The quantitative estimate of drug-likeness (QED) is 0.440. The lowest BCUT2D eigenvalue weighted by molar-refractivity contribution is 0.570. The van der Waals surface area contributed by atoms with E-state index in [1.807, 2.05) is 23.9 Å². The van der Waals surface area contributed by atoms with Crippen LogP contribution in [-0.2, 0) is 13.1 Å².